The van der Waals surface area contributed by atoms with Crippen molar-refractivity contribution < 1.29 is 18.8 Å². The monoisotopic (exact) mass is 416 g/mol. The van der Waals surface area contributed by atoms with Gasteiger partial charge < -0.3 is 10.2 Å². The number of rotatable bonds is 8. The SMILES string of the molecule is O=C(CC[C@H]1CCCN(C(=O)CCC2=NNC(=O)CC2)C1)NCc1ccccc1F. The summed E-state index contributed by atoms with van der Waals surface area (Å²) >= 11 is 0. The molecule has 162 valence electrons. The third-order valence-corrected chi connectivity index (χ3v) is 5.69. The zero-order valence-electron chi connectivity index (χ0n) is 17.2. The summed E-state index contributed by atoms with van der Waals surface area (Å²) in [7, 11) is 0. The first-order chi connectivity index (χ1) is 14.5. The van der Waals surface area contributed by atoms with Crippen molar-refractivity contribution in [2.45, 2.75) is 57.9 Å². The molecular weight excluding hydrogens is 387 g/mol. The van der Waals surface area contributed by atoms with Gasteiger partial charge in [0.25, 0.3) is 0 Å². The van der Waals surface area contributed by atoms with E-state index in [1.807, 2.05) is 4.90 Å². The lowest BCUT2D eigenvalue weighted by atomic mass is 9.93. The fraction of sp³-hybridized carbons (Fsp3) is 0.545. The van der Waals surface area contributed by atoms with Crippen molar-refractivity contribution in [1.82, 2.24) is 15.6 Å². The Hall–Kier alpha value is -2.77. The van der Waals surface area contributed by atoms with Gasteiger partial charge in [0, 0.05) is 50.2 Å². The fourth-order valence-corrected chi connectivity index (χ4v) is 3.89. The first kappa shape index (κ1) is 21.9. The Balaban J connectivity index is 1.36. The number of amides is 3. The molecule has 1 saturated heterocycles. The quantitative estimate of drug-likeness (QED) is 0.682. The van der Waals surface area contributed by atoms with Crippen LogP contribution in [0, 0.1) is 11.7 Å². The molecule has 1 aromatic rings. The van der Waals surface area contributed by atoms with Gasteiger partial charge in [-0.3, -0.25) is 14.4 Å². The third-order valence-electron chi connectivity index (χ3n) is 5.69. The minimum Gasteiger partial charge on any atom is -0.352 e. The van der Waals surface area contributed by atoms with Crippen molar-refractivity contribution in [2.75, 3.05) is 13.1 Å². The van der Waals surface area contributed by atoms with Crippen LogP contribution in [-0.4, -0.2) is 41.4 Å². The Labute approximate surface area is 176 Å². The number of hydrogen-bond donors (Lipinski definition) is 2. The van der Waals surface area contributed by atoms with E-state index < -0.39 is 0 Å². The van der Waals surface area contributed by atoms with Gasteiger partial charge in [-0.15, -0.1) is 0 Å². The minimum atomic E-state index is -0.319. The van der Waals surface area contributed by atoms with Crippen LogP contribution in [0.15, 0.2) is 29.4 Å². The first-order valence-electron chi connectivity index (χ1n) is 10.6. The Kier molecular flexibility index (Phi) is 7.93. The van der Waals surface area contributed by atoms with Crippen molar-refractivity contribution in [3.63, 3.8) is 0 Å². The van der Waals surface area contributed by atoms with Gasteiger partial charge in [-0.2, -0.15) is 5.10 Å². The van der Waals surface area contributed by atoms with Crippen LogP contribution in [-0.2, 0) is 20.9 Å². The highest BCUT2D eigenvalue weighted by atomic mass is 19.1. The minimum absolute atomic E-state index is 0.0816. The third kappa shape index (κ3) is 6.64. The lowest BCUT2D eigenvalue weighted by molar-refractivity contribution is -0.132. The summed E-state index contributed by atoms with van der Waals surface area (Å²) in [6.45, 7) is 1.60. The van der Waals surface area contributed by atoms with Gasteiger partial charge >= 0.3 is 0 Å². The fourth-order valence-electron chi connectivity index (χ4n) is 3.89. The molecule has 0 aromatic heterocycles. The van der Waals surface area contributed by atoms with Crippen LogP contribution >= 0.6 is 0 Å². The molecule has 2 heterocycles. The van der Waals surface area contributed by atoms with E-state index in [0.717, 1.165) is 25.1 Å². The molecule has 0 aliphatic carbocycles. The number of piperidine rings is 1. The molecule has 2 aliphatic heterocycles. The number of carbonyl (C=O) groups is 3. The maximum Gasteiger partial charge on any atom is 0.240 e. The summed E-state index contributed by atoms with van der Waals surface area (Å²) < 4.78 is 13.6. The van der Waals surface area contributed by atoms with Crippen LogP contribution < -0.4 is 10.7 Å². The highest BCUT2D eigenvalue weighted by molar-refractivity contribution is 5.94. The van der Waals surface area contributed by atoms with Crippen LogP contribution in [0.25, 0.3) is 0 Å². The molecule has 1 fully saturated rings. The highest BCUT2D eigenvalue weighted by Crippen LogP contribution is 2.22. The van der Waals surface area contributed by atoms with E-state index in [2.05, 4.69) is 15.8 Å². The molecule has 3 amide bonds. The molecule has 1 aromatic carbocycles. The van der Waals surface area contributed by atoms with Crippen LogP contribution in [0.1, 0.15) is 56.9 Å². The van der Waals surface area contributed by atoms with Crippen LogP contribution in [0.5, 0.6) is 0 Å². The van der Waals surface area contributed by atoms with E-state index in [1.54, 1.807) is 18.2 Å². The standard InChI is InChI=1S/C22H29FN4O3/c23-19-6-2-1-5-17(19)14-24-20(28)10-7-16-4-3-13-27(15-16)22(30)12-9-18-8-11-21(29)26-25-18/h1-2,5-6,16H,3-4,7-15H2,(H,24,28)(H,26,29)/t16-/m1/s1. The Morgan fingerprint density at radius 1 is 1.23 bits per heavy atom. The summed E-state index contributed by atoms with van der Waals surface area (Å²) in [4.78, 5) is 37.7. The maximum absolute atomic E-state index is 13.6. The molecule has 2 N–H and O–H groups in total. The average molecular weight is 416 g/mol. The second kappa shape index (κ2) is 10.8. The number of benzene rings is 1. The predicted octanol–water partition coefficient (Wildman–Crippen LogP) is 2.51. The zero-order valence-corrected chi connectivity index (χ0v) is 17.2. The van der Waals surface area contributed by atoms with E-state index in [9.17, 15) is 18.8 Å². The summed E-state index contributed by atoms with van der Waals surface area (Å²) in [6, 6.07) is 6.41. The van der Waals surface area contributed by atoms with Gasteiger partial charge in [0.1, 0.15) is 5.82 Å². The van der Waals surface area contributed by atoms with Crippen molar-refractivity contribution >= 4 is 23.4 Å². The first-order valence-corrected chi connectivity index (χ1v) is 10.6. The van der Waals surface area contributed by atoms with E-state index in [-0.39, 0.29) is 30.1 Å². The van der Waals surface area contributed by atoms with Gasteiger partial charge in [-0.05, 0) is 44.1 Å². The second-order valence-corrected chi connectivity index (χ2v) is 7.97. The Morgan fingerprint density at radius 3 is 2.83 bits per heavy atom. The molecule has 7 nitrogen and oxygen atoms in total. The van der Waals surface area contributed by atoms with Gasteiger partial charge in [-0.1, -0.05) is 18.2 Å². The molecule has 8 heteroatoms. The normalized spacial score (nSPS) is 19.1. The molecule has 0 saturated carbocycles. The Bertz CT molecular complexity index is 811. The number of likely N-dealkylation sites (tertiary alicyclic amines) is 1. The largest absolute Gasteiger partial charge is 0.352 e. The van der Waals surface area contributed by atoms with Crippen molar-refractivity contribution in [1.29, 1.82) is 0 Å². The molecule has 3 rings (SSSR count). The molecule has 0 bridgehead atoms. The number of carbonyl (C=O) groups excluding carboxylic acids is 3. The van der Waals surface area contributed by atoms with E-state index in [0.29, 0.717) is 56.6 Å². The maximum atomic E-state index is 13.6. The average Bonchev–Trinajstić information content (AvgIpc) is 2.76. The van der Waals surface area contributed by atoms with Crippen molar-refractivity contribution in [2.24, 2.45) is 11.0 Å². The topological polar surface area (TPSA) is 90.9 Å². The number of nitrogens with one attached hydrogen (secondary N) is 2. The molecule has 0 spiro atoms. The van der Waals surface area contributed by atoms with Gasteiger partial charge in [0.15, 0.2) is 0 Å². The molecule has 2 aliphatic rings. The lowest BCUT2D eigenvalue weighted by Gasteiger charge is -2.33. The van der Waals surface area contributed by atoms with Gasteiger partial charge in [0.05, 0.1) is 0 Å². The van der Waals surface area contributed by atoms with E-state index in [1.165, 1.54) is 6.07 Å². The van der Waals surface area contributed by atoms with Crippen LogP contribution in [0.2, 0.25) is 0 Å². The van der Waals surface area contributed by atoms with Crippen LogP contribution in [0.4, 0.5) is 4.39 Å². The van der Waals surface area contributed by atoms with E-state index in [4.69, 9.17) is 0 Å². The molecule has 0 radical (unpaired) electrons. The van der Waals surface area contributed by atoms with E-state index >= 15 is 0 Å². The number of hydrogen-bond acceptors (Lipinski definition) is 4. The zero-order chi connectivity index (χ0) is 21.3. The Morgan fingerprint density at radius 2 is 2.07 bits per heavy atom. The second-order valence-electron chi connectivity index (χ2n) is 7.97. The smallest absolute Gasteiger partial charge is 0.240 e. The predicted molar refractivity (Wildman–Crippen MR) is 111 cm³/mol. The summed E-state index contributed by atoms with van der Waals surface area (Å²) in [5.41, 5.74) is 3.80. The number of halogens is 1. The molecular formula is C22H29FN4O3. The summed E-state index contributed by atoms with van der Waals surface area (Å²) in [5.74, 6) is -0.0988. The van der Waals surface area contributed by atoms with Gasteiger partial charge in [-0.25, -0.2) is 9.82 Å². The van der Waals surface area contributed by atoms with Crippen LogP contribution in [0.3, 0.4) is 0 Å². The summed E-state index contributed by atoms with van der Waals surface area (Å²) in [6.07, 6.45) is 5.03. The lowest BCUT2D eigenvalue weighted by Crippen LogP contribution is -2.40. The van der Waals surface area contributed by atoms with Crippen molar-refractivity contribution in [3.05, 3.63) is 35.6 Å². The molecule has 0 unspecified atom stereocenters. The molecule has 1 atom stereocenters. The van der Waals surface area contributed by atoms with Gasteiger partial charge in [0.2, 0.25) is 17.7 Å². The molecule has 30 heavy (non-hydrogen) atoms. The highest BCUT2D eigenvalue weighted by Gasteiger charge is 2.24. The number of hydrazone groups is 1. The van der Waals surface area contributed by atoms with Crippen molar-refractivity contribution in [3.8, 4) is 0 Å². The summed E-state index contributed by atoms with van der Waals surface area (Å²) in [5, 5.41) is 6.79. The number of nitrogens with zero attached hydrogens (tertiary/aromatic N) is 2.